The van der Waals surface area contributed by atoms with E-state index in [1.54, 1.807) is 12.1 Å². The quantitative estimate of drug-likeness (QED) is 0.885. The summed E-state index contributed by atoms with van der Waals surface area (Å²) in [6, 6.07) is 7.02. The van der Waals surface area contributed by atoms with Crippen LogP contribution in [0.1, 0.15) is 34.1 Å². The predicted molar refractivity (Wildman–Crippen MR) is 81.2 cm³/mol. The Balaban J connectivity index is 2.00. The van der Waals surface area contributed by atoms with Gasteiger partial charge < -0.3 is 5.11 Å². The molecule has 0 amide bonds. The van der Waals surface area contributed by atoms with Gasteiger partial charge in [-0.3, -0.25) is 9.58 Å². The lowest BCUT2D eigenvalue weighted by Gasteiger charge is -2.16. The second-order valence-electron chi connectivity index (χ2n) is 5.30. The predicted octanol–water partition coefficient (Wildman–Crippen LogP) is 2.31. The van der Waals surface area contributed by atoms with E-state index in [0.717, 1.165) is 30.8 Å². The number of carbonyl (C=O) groups is 1. The molecule has 0 aliphatic rings. The van der Waals surface area contributed by atoms with Crippen LogP contribution in [0.15, 0.2) is 30.5 Å². The minimum absolute atomic E-state index is 0.321. The number of rotatable bonds is 6. The number of hydrogen-bond acceptors (Lipinski definition) is 3. The van der Waals surface area contributed by atoms with Crippen molar-refractivity contribution in [3.05, 3.63) is 52.8 Å². The van der Waals surface area contributed by atoms with Crippen molar-refractivity contribution < 1.29 is 9.90 Å². The maximum absolute atomic E-state index is 10.8. The van der Waals surface area contributed by atoms with E-state index in [2.05, 4.69) is 30.2 Å². The SMILES string of the molecule is CCc1nn(C)cc1CN(C)Cc1ccc(C(=O)O)cc1. The van der Waals surface area contributed by atoms with Crippen molar-refractivity contribution in [2.24, 2.45) is 7.05 Å². The molecule has 1 heterocycles. The summed E-state index contributed by atoms with van der Waals surface area (Å²) >= 11 is 0. The molecule has 0 aliphatic carbocycles. The molecule has 1 aromatic carbocycles. The van der Waals surface area contributed by atoms with Crippen molar-refractivity contribution in [1.29, 1.82) is 0 Å². The molecule has 5 nitrogen and oxygen atoms in total. The molecule has 0 bridgehead atoms. The summed E-state index contributed by atoms with van der Waals surface area (Å²) in [5.74, 6) is -0.891. The third-order valence-corrected chi connectivity index (χ3v) is 3.42. The van der Waals surface area contributed by atoms with E-state index in [-0.39, 0.29) is 0 Å². The van der Waals surface area contributed by atoms with Gasteiger partial charge >= 0.3 is 5.97 Å². The van der Waals surface area contributed by atoms with Crippen molar-refractivity contribution in [3.63, 3.8) is 0 Å². The lowest BCUT2D eigenvalue weighted by molar-refractivity contribution is 0.0697. The van der Waals surface area contributed by atoms with Crippen molar-refractivity contribution in [1.82, 2.24) is 14.7 Å². The minimum Gasteiger partial charge on any atom is -0.478 e. The minimum atomic E-state index is -0.891. The highest BCUT2D eigenvalue weighted by Crippen LogP contribution is 2.13. The van der Waals surface area contributed by atoms with E-state index in [1.165, 1.54) is 5.56 Å². The Bertz CT molecular complexity index is 617. The Morgan fingerprint density at radius 3 is 2.52 bits per heavy atom. The first-order valence-electron chi connectivity index (χ1n) is 7.01. The van der Waals surface area contributed by atoms with E-state index in [1.807, 2.05) is 23.9 Å². The second kappa shape index (κ2) is 6.54. The van der Waals surface area contributed by atoms with Gasteiger partial charge in [0.2, 0.25) is 0 Å². The highest BCUT2D eigenvalue weighted by Gasteiger charge is 2.09. The molecule has 2 aromatic rings. The summed E-state index contributed by atoms with van der Waals surface area (Å²) in [5, 5.41) is 13.3. The Labute approximate surface area is 124 Å². The lowest BCUT2D eigenvalue weighted by Crippen LogP contribution is -2.17. The number of hydrogen-bond donors (Lipinski definition) is 1. The van der Waals surface area contributed by atoms with Gasteiger partial charge in [0.15, 0.2) is 0 Å². The number of nitrogens with zero attached hydrogens (tertiary/aromatic N) is 3. The summed E-state index contributed by atoms with van der Waals surface area (Å²) in [5.41, 5.74) is 3.79. The van der Waals surface area contributed by atoms with Crippen LogP contribution in [0, 0.1) is 0 Å². The number of carboxylic acids is 1. The Hall–Kier alpha value is -2.14. The first kappa shape index (κ1) is 15.3. The lowest BCUT2D eigenvalue weighted by atomic mass is 10.1. The third kappa shape index (κ3) is 3.92. The van der Waals surface area contributed by atoms with E-state index in [4.69, 9.17) is 5.11 Å². The molecule has 0 atom stereocenters. The summed E-state index contributed by atoms with van der Waals surface area (Å²) in [6.45, 7) is 3.71. The topological polar surface area (TPSA) is 58.4 Å². The largest absolute Gasteiger partial charge is 0.478 e. The van der Waals surface area contributed by atoms with Gasteiger partial charge in [0.05, 0.1) is 11.3 Å². The highest BCUT2D eigenvalue weighted by atomic mass is 16.4. The number of aryl methyl sites for hydroxylation is 2. The number of benzene rings is 1. The number of carboxylic acid groups (broad SMARTS) is 1. The van der Waals surface area contributed by atoms with Crippen LogP contribution in [0.5, 0.6) is 0 Å². The first-order chi connectivity index (χ1) is 9.99. The zero-order chi connectivity index (χ0) is 15.4. The molecule has 1 aromatic heterocycles. The second-order valence-corrected chi connectivity index (χ2v) is 5.30. The van der Waals surface area contributed by atoms with Crippen molar-refractivity contribution >= 4 is 5.97 Å². The van der Waals surface area contributed by atoms with Gasteiger partial charge in [-0.25, -0.2) is 4.79 Å². The van der Waals surface area contributed by atoms with Crippen LogP contribution in [0.4, 0.5) is 0 Å². The maximum atomic E-state index is 10.8. The molecule has 5 heteroatoms. The van der Waals surface area contributed by atoms with Gasteiger partial charge in [-0.2, -0.15) is 5.10 Å². The molecular formula is C16H21N3O2. The Morgan fingerprint density at radius 2 is 1.95 bits per heavy atom. The van der Waals surface area contributed by atoms with E-state index in [0.29, 0.717) is 5.56 Å². The molecule has 0 saturated heterocycles. The number of aromatic nitrogens is 2. The molecule has 0 unspecified atom stereocenters. The van der Waals surface area contributed by atoms with Crippen LogP contribution in [0.3, 0.4) is 0 Å². The fraction of sp³-hybridized carbons (Fsp3) is 0.375. The van der Waals surface area contributed by atoms with E-state index >= 15 is 0 Å². The Morgan fingerprint density at radius 1 is 1.29 bits per heavy atom. The third-order valence-electron chi connectivity index (χ3n) is 3.42. The Kier molecular flexibility index (Phi) is 4.75. The van der Waals surface area contributed by atoms with Gasteiger partial charge in [-0.15, -0.1) is 0 Å². The molecule has 21 heavy (non-hydrogen) atoms. The van der Waals surface area contributed by atoms with Crippen molar-refractivity contribution in [3.8, 4) is 0 Å². The molecule has 112 valence electrons. The standard InChI is InChI=1S/C16H21N3O2/c1-4-15-14(11-19(3)17-15)10-18(2)9-12-5-7-13(8-6-12)16(20)21/h5-8,11H,4,9-10H2,1-3H3,(H,20,21). The normalized spacial score (nSPS) is 11.0. The summed E-state index contributed by atoms with van der Waals surface area (Å²) in [4.78, 5) is 13.0. The van der Waals surface area contributed by atoms with Crippen LogP contribution in [-0.2, 0) is 26.6 Å². The number of aromatic carboxylic acids is 1. The molecule has 2 rings (SSSR count). The van der Waals surface area contributed by atoms with E-state index < -0.39 is 5.97 Å². The van der Waals surface area contributed by atoms with Crippen LogP contribution in [-0.4, -0.2) is 32.8 Å². The average Bonchev–Trinajstić information content (AvgIpc) is 2.79. The summed E-state index contributed by atoms with van der Waals surface area (Å²) in [6.07, 6.45) is 2.99. The smallest absolute Gasteiger partial charge is 0.335 e. The van der Waals surface area contributed by atoms with Gasteiger partial charge in [-0.1, -0.05) is 19.1 Å². The first-order valence-corrected chi connectivity index (χ1v) is 7.01. The van der Waals surface area contributed by atoms with Crippen molar-refractivity contribution in [2.45, 2.75) is 26.4 Å². The molecule has 0 saturated carbocycles. The maximum Gasteiger partial charge on any atom is 0.335 e. The molecule has 1 N–H and O–H groups in total. The van der Waals surface area contributed by atoms with Crippen LogP contribution < -0.4 is 0 Å². The molecule has 0 fully saturated rings. The fourth-order valence-corrected chi connectivity index (χ4v) is 2.42. The van der Waals surface area contributed by atoms with Gasteiger partial charge in [0, 0.05) is 31.9 Å². The van der Waals surface area contributed by atoms with Crippen LogP contribution in [0.2, 0.25) is 0 Å². The van der Waals surface area contributed by atoms with Crippen molar-refractivity contribution in [2.75, 3.05) is 7.05 Å². The fourth-order valence-electron chi connectivity index (χ4n) is 2.42. The van der Waals surface area contributed by atoms with Crippen LogP contribution in [0.25, 0.3) is 0 Å². The van der Waals surface area contributed by atoms with E-state index in [9.17, 15) is 4.79 Å². The summed E-state index contributed by atoms with van der Waals surface area (Å²) in [7, 11) is 3.99. The van der Waals surface area contributed by atoms with Gasteiger partial charge in [0.1, 0.15) is 0 Å². The monoisotopic (exact) mass is 287 g/mol. The molecule has 0 radical (unpaired) electrons. The summed E-state index contributed by atoms with van der Waals surface area (Å²) < 4.78 is 1.85. The van der Waals surface area contributed by atoms with Crippen LogP contribution >= 0.6 is 0 Å². The zero-order valence-corrected chi connectivity index (χ0v) is 12.7. The van der Waals surface area contributed by atoms with Gasteiger partial charge in [-0.05, 0) is 31.2 Å². The van der Waals surface area contributed by atoms with Gasteiger partial charge in [0.25, 0.3) is 0 Å². The molecular weight excluding hydrogens is 266 g/mol. The molecule has 0 spiro atoms. The average molecular weight is 287 g/mol. The highest BCUT2D eigenvalue weighted by molar-refractivity contribution is 5.87. The zero-order valence-electron chi connectivity index (χ0n) is 12.7. The molecule has 0 aliphatic heterocycles.